The molecule has 26 heavy (non-hydrogen) atoms. The fraction of sp³-hybridized carbons (Fsp3) is 0.696. The van der Waals surface area contributed by atoms with Gasteiger partial charge in [0.1, 0.15) is 0 Å². The maximum atomic E-state index is 6.07. The Morgan fingerprint density at radius 2 is 1.62 bits per heavy atom. The van der Waals surface area contributed by atoms with E-state index in [0.29, 0.717) is 23.4 Å². The highest BCUT2D eigenvalue weighted by Gasteiger charge is 2.56. The van der Waals surface area contributed by atoms with Crippen LogP contribution in [0.1, 0.15) is 63.4 Å². The van der Waals surface area contributed by atoms with E-state index in [1.54, 1.807) is 5.56 Å². The highest BCUT2D eigenvalue weighted by molar-refractivity contribution is 7.80. The standard InChI is InChI=1S/C23H32N2S/c24-19-6-8-20(9-7-19)25-22(26)21-16-10-15-11-17(21)14-23(12-15,13-16)18-4-2-1-3-5-18/h1-5,15-17,19-21H,6-14,24H2,(H,25,26)/t15?,16?,17?,19-,20-,21?,23?. The van der Waals surface area contributed by atoms with Gasteiger partial charge in [0.2, 0.25) is 0 Å². The summed E-state index contributed by atoms with van der Waals surface area (Å²) >= 11 is 6.00. The van der Waals surface area contributed by atoms with Crippen LogP contribution in [0, 0.1) is 23.7 Å². The Labute approximate surface area is 163 Å². The first-order valence-electron chi connectivity index (χ1n) is 10.7. The SMILES string of the molecule is N[C@H]1CC[C@H](NC(=S)C2C3CC4CC2CC(c2ccccc2)(C4)C3)CC1. The fourth-order valence-corrected chi connectivity index (χ4v) is 7.71. The number of nitrogens with one attached hydrogen (secondary N) is 1. The third-order valence-electron chi connectivity index (χ3n) is 8.08. The molecule has 140 valence electrons. The highest BCUT2D eigenvalue weighted by atomic mass is 32.1. The van der Waals surface area contributed by atoms with Crippen LogP contribution < -0.4 is 11.1 Å². The minimum absolute atomic E-state index is 0.411. The molecule has 5 fully saturated rings. The summed E-state index contributed by atoms with van der Waals surface area (Å²) in [6.07, 6.45) is 11.6. The largest absolute Gasteiger partial charge is 0.377 e. The molecule has 0 radical (unpaired) electrons. The molecular formula is C23H32N2S. The zero-order chi connectivity index (χ0) is 17.7. The number of thiocarbonyl (C=S) groups is 1. The summed E-state index contributed by atoms with van der Waals surface area (Å²) in [5, 5.41) is 3.80. The first kappa shape index (κ1) is 17.2. The summed E-state index contributed by atoms with van der Waals surface area (Å²) in [6, 6.07) is 12.4. The van der Waals surface area contributed by atoms with E-state index < -0.39 is 0 Å². The fourth-order valence-electron chi connectivity index (χ4n) is 7.16. The topological polar surface area (TPSA) is 38.0 Å². The lowest BCUT2D eigenvalue weighted by molar-refractivity contribution is -0.0311. The summed E-state index contributed by atoms with van der Waals surface area (Å²) < 4.78 is 0. The number of nitrogens with two attached hydrogens (primary N) is 1. The average molecular weight is 369 g/mol. The molecule has 6 rings (SSSR count). The van der Waals surface area contributed by atoms with E-state index in [1.807, 2.05) is 0 Å². The van der Waals surface area contributed by atoms with Gasteiger partial charge >= 0.3 is 0 Å². The van der Waals surface area contributed by atoms with Crippen LogP contribution in [0.25, 0.3) is 0 Å². The van der Waals surface area contributed by atoms with Gasteiger partial charge in [-0.05, 0) is 86.5 Å². The minimum atomic E-state index is 0.411. The Balaban J connectivity index is 1.32. The number of rotatable bonds is 3. The van der Waals surface area contributed by atoms with Crippen LogP contribution in [0.15, 0.2) is 30.3 Å². The monoisotopic (exact) mass is 368 g/mol. The first-order chi connectivity index (χ1) is 12.6. The van der Waals surface area contributed by atoms with Gasteiger partial charge in [-0.25, -0.2) is 0 Å². The zero-order valence-corrected chi connectivity index (χ0v) is 16.5. The van der Waals surface area contributed by atoms with Crippen LogP contribution in [0.2, 0.25) is 0 Å². The normalized spacial score (nSPS) is 44.0. The Morgan fingerprint density at radius 1 is 0.962 bits per heavy atom. The lowest BCUT2D eigenvalue weighted by Crippen LogP contribution is -2.57. The van der Waals surface area contributed by atoms with Gasteiger partial charge in [-0.3, -0.25) is 0 Å². The molecule has 0 heterocycles. The quantitative estimate of drug-likeness (QED) is 0.768. The third-order valence-corrected chi connectivity index (χ3v) is 8.47. The third kappa shape index (κ3) is 2.92. The van der Waals surface area contributed by atoms with E-state index in [0.717, 1.165) is 30.6 Å². The molecule has 4 bridgehead atoms. The van der Waals surface area contributed by atoms with Crippen LogP contribution in [-0.2, 0) is 5.41 Å². The van der Waals surface area contributed by atoms with Crippen LogP contribution in [0.3, 0.4) is 0 Å². The van der Waals surface area contributed by atoms with Crippen molar-refractivity contribution in [3.8, 4) is 0 Å². The van der Waals surface area contributed by atoms with Crippen LogP contribution >= 0.6 is 12.2 Å². The van der Waals surface area contributed by atoms with Gasteiger partial charge in [-0.1, -0.05) is 42.5 Å². The predicted molar refractivity (Wildman–Crippen MR) is 111 cm³/mol. The molecule has 2 nitrogen and oxygen atoms in total. The molecule has 2 atom stereocenters. The molecule has 0 aliphatic heterocycles. The lowest BCUT2D eigenvalue weighted by Gasteiger charge is -2.60. The van der Waals surface area contributed by atoms with Crippen molar-refractivity contribution in [1.29, 1.82) is 0 Å². The molecule has 0 saturated heterocycles. The molecule has 5 aliphatic rings. The van der Waals surface area contributed by atoms with Crippen molar-refractivity contribution in [3.05, 3.63) is 35.9 Å². The van der Waals surface area contributed by atoms with Crippen molar-refractivity contribution < 1.29 is 0 Å². The first-order valence-corrected chi connectivity index (χ1v) is 11.2. The van der Waals surface area contributed by atoms with E-state index >= 15 is 0 Å². The molecule has 3 heteroatoms. The maximum Gasteiger partial charge on any atom is 0.0792 e. The Hall–Kier alpha value is -0.930. The summed E-state index contributed by atoms with van der Waals surface area (Å²) in [7, 11) is 0. The van der Waals surface area contributed by atoms with Gasteiger partial charge in [0, 0.05) is 18.0 Å². The van der Waals surface area contributed by atoms with Crippen molar-refractivity contribution in [1.82, 2.24) is 5.32 Å². The van der Waals surface area contributed by atoms with E-state index in [9.17, 15) is 0 Å². The Morgan fingerprint density at radius 3 is 2.27 bits per heavy atom. The van der Waals surface area contributed by atoms with Gasteiger partial charge < -0.3 is 11.1 Å². The van der Waals surface area contributed by atoms with E-state index in [4.69, 9.17) is 18.0 Å². The number of hydrogen-bond acceptors (Lipinski definition) is 2. The highest BCUT2D eigenvalue weighted by Crippen LogP contribution is 2.63. The maximum absolute atomic E-state index is 6.07. The van der Waals surface area contributed by atoms with Crippen LogP contribution in [-0.4, -0.2) is 17.1 Å². The summed E-state index contributed by atoms with van der Waals surface area (Å²) in [6.45, 7) is 0. The van der Waals surface area contributed by atoms with Crippen LogP contribution in [0.4, 0.5) is 0 Å². The van der Waals surface area contributed by atoms with E-state index in [-0.39, 0.29) is 0 Å². The molecule has 0 aromatic heterocycles. The second-order valence-electron chi connectivity index (χ2n) is 9.76. The van der Waals surface area contributed by atoms with Crippen molar-refractivity contribution in [2.75, 3.05) is 0 Å². The predicted octanol–water partition coefficient (Wildman–Crippen LogP) is 4.57. The molecule has 0 spiro atoms. The number of benzene rings is 1. The molecule has 5 saturated carbocycles. The van der Waals surface area contributed by atoms with Crippen molar-refractivity contribution in [2.24, 2.45) is 29.4 Å². The summed E-state index contributed by atoms with van der Waals surface area (Å²) in [5.41, 5.74) is 8.12. The van der Waals surface area contributed by atoms with Crippen molar-refractivity contribution >= 4 is 17.2 Å². The van der Waals surface area contributed by atoms with E-state index in [2.05, 4.69) is 35.6 Å². The van der Waals surface area contributed by atoms with Gasteiger partial charge in [0.05, 0.1) is 4.99 Å². The molecule has 1 aromatic rings. The summed E-state index contributed by atoms with van der Waals surface area (Å²) in [5.74, 6) is 3.16. The van der Waals surface area contributed by atoms with Crippen LogP contribution in [0.5, 0.6) is 0 Å². The van der Waals surface area contributed by atoms with Crippen molar-refractivity contribution in [2.45, 2.75) is 75.3 Å². The second-order valence-corrected chi connectivity index (χ2v) is 10.2. The molecule has 1 aromatic carbocycles. The molecule has 0 amide bonds. The van der Waals surface area contributed by atoms with Gasteiger partial charge in [0.25, 0.3) is 0 Å². The smallest absolute Gasteiger partial charge is 0.0792 e. The summed E-state index contributed by atoms with van der Waals surface area (Å²) in [4.78, 5) is 1.20. The Bertz CT molecular complexity index is 648. The van der Waals surface area contributed by atoms with Gasteiger partial charge in [-0.2, -0.15) is 0 Å². The molecular weight excluding hydrogens is 336 g/mol. The molecule has 2 unspecified atom stereocenters. The van der Waals surface area contributed by atoms with Gasteiger partial charge in [0.15, 0.2) is 0 Å². The second kappa shape index (κ2) is 6.60. The molecule has 3 N–H and O–H groups in total. The lowest BCUT2D eigenvalue weighted by atomic mass is 9.45. The van der Waals surface area contributed by atoms with E-state index in [1.165, 1.54) is 49.9 Å². The van der Waals surface area contributed by atoms with Gasteiger partial charge in [-0.15, -0.1) is 0 Å². The van der Waals surface area contributed by atoms with Crippen molar-refractivity contribution in [3.63, 3.8) is 0 Å². The molecule has 5 aliphatic carbocycles. The Kier molecular flexibility index (Phi) is 4.36. The minimum Gasteiger partial charge on any atom is -0.377 e. The average Bonchev–Trinajstić information content (AvgIpc) is 2.63. The zero-order valence-electron chi connectivity index (χ0n) is 15.7. The number of hydrogen-bond donors (Lipinski definition) is 2.